The van der Waals surface area contributed by atoms with Crippen LogP contribution in [0.2, 0.25) is 0 Å². The van der Waals surface area contributed by atoms with Crippen LogP contribution in [-0.4, -0.2) is 42.9 Å². The van der Waals surface area contributed by atoms with E-state index in [0.717, 1.165) is 48.8 Å². The van der Waals surface area contributed by atoms with Gasteiger partial charge in [-0.2, -0.15) is 0 Å². The molecule has 1 aliphatic carbocycles. The number of primary amides is 1. The van der Waals surface area contributed by atoms with Gasteiger partial charge in [-0.3, -0.25) is 9.59 Å². The number of nitrogens with one attached hydrogen (secondary N) is 1. The van der Waals surface area contributed by atoms with Gasteiger partial charge in [-0.25, -0.2) is 0 Å². The van der Waals surface area contributed by atoms with Crippen molar-refractivity contribution in [3.63, 3.8) is 0 Å². The second kappa shape index (κ2) is 5.42. The summed E-state index contributed by atoms with van der Waals surface area (Å²) >= 11 is 1.51. The van der Waals surface area contributed by atoms with E-state index in [4.69, 9.17) is 5.73 Å². The maximum Gasteiger partial charge on any atom is 0.264 e. The van der Waals surface area contributed by atoms with Gasteiger partial charge in [0.1, 0.15) is 0 Å². The summed E-state index contributed by atoms with van der Waals surface area (Å²) in [5.74, 6) is -0.00757. The molecule has 1 saturated heterocycles. The number of thiophene rings is 1. The van der Waals surface area contributed by atoms with Crippen molar-refractivity contribution in [2.45, 2.75) is 25.7 Å². The number of nitrogens with two attached hydrogens (primary N) is 1. The van der Waals surface area contributed by atoms with E-state index in [2.05, 4.69) is 5.32 Å². The molecule has 114 valence electrons. The van der Waals surface area contributed by atoms with Gasteiger partial charge in [-0.1, -0.05) is 6.92 Å². The summed E-state index contributed by atoms with van der Waals surface area (Å²) in [7, 11) is 0. The molecule has 2 heterocycles. The van der Waals surface area contributed by atoms with Crippen LogP contribution in [-0.2, 0) is 4.79 Å². The van der Waals surface area contributed by atoms with Crippen LogP contribution >= 0.6 is 11.3 Å². The first-order valence-electron chi connectivity index (χ1n) is 7.44. The number of nitrogens with zero attached hydrogens (tertiary/aromatic N) is 1. The van der Waals surface area contributed by atoms with Gasteiger partial charge in [-0.15, -0.1) is 11.3 Å². The molecule has 2 fully saturated rings. The maximum absolute atomic E-state index is 12.5. The number of piperazine rings is 1. The Morgan fingerprint density at radius 1 is 1.33 bits per heavy atom. The van der Waals surface area contributed by atoms with E-state index in [1.165, 1.54) is 11.3 Å². The average molecular weight is 307 g/mol. The molecule has 0 bridgehead atoms. The van der Waals surface area contributed by atoms with Gasteiger partial charge in [0.25, 0.3) is 5.91 Å². The van der Waals surface area contributed by atoms with Crippen molar-refractivity contribution in [1.29, 1.82) is 0 Å². The Morgan fingerprint density at radius 3 is 2.57 bits per heavy atom. The Bertz CT molecular complexity index is 559. The largest absolute Gasteiger partial charge is 0.369 e. The van der Waals surface area contributed by atoms with Crippen LogP contribution in [0.4, 0.5) is 0 Å². The first kappa shape index (κ1) is 14.5. The van der Waals surface area contributed by atoms with E-state index in [1.54, 1.807) is 0 Å². The van der Waals surface area contributed by atoms with Crippen LogP contribution in [0, 0.1) is 5.41 Å². The maximum atomic E-state index is 12.5. The Kier molecular flexibility index (Phi) is 3.75. The minimum Gasteiger partial charge on any atom is -0.369 e. The molecule has 0 unspecified atom stereocenters. The lowest BCUT2D eigenvalue weighted by Crippen LogP contribution is -2.46. The Morgan fingerprint density at radius 2 is 2.00 bits per heavy atom. The van der Waals surface area contributed by atoms with Gasteiger partial charge in [0.05, 0.1) is 10.3 Å². The van der Waals surface area contributed by atoms with E-state index in [9.17, 15) is 9.59 Å². The van der Waals surface area contributed by atoms with Crippen LogP contribution in [0.15, 0.2) is 12.1 Å². The highest BCUT2D eigenvalue weighted by atomic mass is 32.1. The van der Waals surface area contributed by atoms with Gasteiger partial charge in [0, 0.05) is 37.0 Å². The van der Waals surface area contributed by atoms with E-state index in [-0.39, 0.29) is 23.1 Å². The number of carbonyl (C=O) groups is 2. The molecule has 0 aromatic carbocycles. The third-order valence-corrected chi connectivity index (χ3v) is 6.03. The van der Waals surface area contributed by atoms with E-state index < -0.39 is 0 Å². The average Bonchev–Trinajstić information content (AvgIpc) is 3.18. The molecule has 1 aromatic rings. The zero-order valence-electron chi connectivity index (χ0n) is 12.2. The van der Waals surface area contributed by atoms with Crippen molar-refractivity contribution in [3.05, 3.63) is 21.9 Å². The monoisotopic (exact) mass is 307 g/mol. The summed E-state index contributed by atoms with van der Waals surface area (Å²) in [6, 6.07) is 3.87. The lowest BCUT2D eigenvalue weighted by molar-refractivity contribution is -0.123. The van der Waals surface area contributed by atoms with Crippen molar-refractivity contribution in [1.82, 2.24) is 10.2 Å². The van der Waals surface area contributed by atoms with Crippen LogP contribution in [0.3, 0.4) is 0 Å². The summed E-state index contributed by atoms with van der Waals surface area (Å²) < 4.78 is 0. The normalized spacial score (nSPS) is 21.9. The minimum absolute atomic E-state index is 0.101. The molecule has 1 atom stereocenters. The molecule has 21 heavy (non-hydrogen) atoms. The molecular weight excluding hydrogens is 286 g/mol. The molecule has 0 spiro atoms. The minimum atomic E-state index is -0.375. The van der Waals surface area contributed by atoms with Crippen LogP contribution in [0.25, 0.3) is 0 Å². The third kappa shape index (κ3) is 2.58. The number of hydrogen-bond donors (Lipinski definition) is 2. The standard InChI is InChI=1S/C15H21N3O2S/c1-10(15(4-5-15)14(16)20)11-2-3-12(21-11)13(19)18-8-6-17-7-9-18/h2-3,10,17H,4-9H2,1H3,(H2,16,20)/t10-/m0/s1. The first-order chi connectivity index (χ1) is 10.0. The third-order valence-electron chi connectivity index (χ3n) is 4.78. The highest BCUT2D eigenvalue weighted by Crippen LogP contribution is 2.56. The molecular formula is C15H21N3O2S. The van der Waals surface area contributed by atoms with E-state index in [1.807, 2.05) is 24.0 Å². The fourth-order valence-corrected chi connectivity index (χ4v) is 4.17. The second-order valence-electron chi connectivity index (χ2n) is 5.99. The van der Waals surface area contributed by atoms with Gasteiger partial charge in [0.2, 0.25) is 5.91 Å². The summed E-state index contributed by atoms with van der Waals surface area (Å²) in [5, 5.41) is 3.24. The van der Waals surface area contributed by atoms with Gasteiger partial charge in [0.15, 0.2) is 0 Å². The number of amides is 2. The summed E-state index contributed by atoms with van der Waals surface area (Å²) in [6.07, 6.45) is 1.73. The summed E-state index contributed by atoms with van der Waals surface area (Å²) in [5.41, 5.74) is 5.16. The quantitative estimate of drug-likeness (QED) is 0.876. The predicted octanol–water partition coefficient (Wildman–Crippen LogP) is 1.16. The molecule has 3 rings (SSSR count). The topological polar surface area (TPSA) is 75.4 Å². The Hall–Kier alpha value is -1.40. The van der Waals surface area contributed by atoms with Crippen molar-refractivity contribution in [2.75, 3.05) is 26.2 Å². The van der Waals surface area contributed by atoms with Crippen molar-refractivity contribution in [2.24, 2.45) is 11.1 Å². The fraction of sp³-hybridized carbons (Fsp3) is 0.600. The molecule has 1 aromatic heterocycles. The van der Waals surface area contributed by atoms with Gasteiger partial charge in [-0.05, 0) is 25.0 Å². The van der Waals surface area contributed by atoms with Crippen LogP contribution < -0.4 is 11.1 Å². The highest BCUT2D eigenvalue weighted by Gasteiger charge is 2.53. The van der Waals surface area contributed by atoms with Crippen LogP contribution in [0.1, 0.15) is 40.2 Å². The molecule has 1 saturated carbocycles. The lowest BCUT2D eigenvalue weighted by atomic mass is 9.89. The number of carbonyl (C=O) groups excluding carboxylic acids is 2. The van der Waals surface area contributed by atoms with Crippen molar-refractivity contribution < 1.29 is 9.59 Å². The summed E-state index contributed by atoms with van der Waals surface area (Å²) in [4.78, 5) is 27.8. The van der Waals surface area contributed by atoms with E-state index in [0.29, 0.717) is 0 Å². The fourth-order valence-electron chi connectivity index (χ4n) is 3.02. The lowest BCUT2D eigenvalue weighted by Gasteiger charge is -2.26. The second-order valence-corrected chi connectivity index (χ2v) is 7.10. The predicted molar refractivity (Wildman–Crippen MR) is 82.4 cm³/mol. The molecule has 1 aliphatic heterocycles. The Labute approximate surface area is 128 Å². The first-order valence-corrected chi connectivity index (χ1v) is 8.26. The summed E-state index contributed by atoms with van der Waals surface area (Å²) in [6.45, 7) is 5.26. The van der Waals surface area contributed by atoms with Crippen molar-refractivity contribution >= 4 is 23.2 Å². The van der Waals surface area contributed by atoms with Crippen molar-refractivity contribution in [3.8, 4) is 0 Å². The zero-order valence-corrected chi connectivity index (χ0v) is 13.0. The smallest absolute Gasteiger partial charge is 0.264 e. The number of rotatable bonds is 4. The molecule has 2 aliphatic rings. The van der Waals surface area contributed by atoms with Gasteiger partial charge < -0.3 is 16.0 Å². The van der Waals surface area contributed by atoms with Gasteiger partial charge >= 0.3 is 0 Å². The SMILES string of the molecule is C[C@@H](c1ccc(C(=O)N2CCNCC2)s1)C1(C(N)=O)CC1. The molecule has 3 N–H and O–H groups in total. The highest BCUT2D eigenvalue weighted by molar-refractivity contribution is 7.14. The Balaban J connectivity index is 1.74. The molecule has 6 heteroatoms. The zero-order chi connectivity index (χ0) is 15.0. The van der Waals surface area contributed by atoms with E-state index >= 15 is 0 Å². The number of hydrogen-bond acceptors (Lipinski definition) is 4. The molecule has 2 amide bonds. The van der Waals surface area contributed by atoms with Crippen LogP contribution in [0.5, 0.6) is 0 Å². The molecule has 5 nitrogen and oxygen atoms in total. The molecule has 0 radical (unpaired) electrons.